The Morgan fingerprint density at radius 2 is 1.71 bits per heavy atom. The zero-order valence-electron chi connectivity index (χ0n) is 9.13. The largest absolute Gasteiger partial charge is 0.493 e. The predicted octanol–water partition coefficient (Wildman–Crippen LogP) is 3.13. The van der Waals surface area contributed by atoms with Gasteiger partial charge >= 0.3 is 0 Å². The zero-order valence-corrected chi connectivity index (χ0v) is 9.13. The van der Waals surface area contributed by atoms with E-state index in [2.05, 4.69) is 19.9 Å². The third kappa shape index (κ3) is 2.52. The minimum Gasteiger partial charge on any atom is -0.493 e. The van der Waals surface area contributed by atoms with Gasteiger partial charge in [-0.05, 0) is 31.5 Å². The first-order chi connectivity index (χ1) is 6.67. The molecule has 0 aromatic heterocycles. The van der Waals surface area contributed by atoms with E-state index in [0.717, 1.165) is 17.1 Å². The van der Waals surface area contributed by atoms with Gasteiger partial charge in [-0.25, -0.2) is 0 Å². The van der Waals surface area contributed by atoms with Crippen LogP contribution in [0.5, 0.6) is 11.5 Å². The van der Waals surface area contributed by atoms with Gasteiger partial charge in [0.2, 0.25) is 0 Å². The van der Waals surface area contributed by atoms with E-state index in [1.165, 1.54) is 5.57 Å². The summed E-state index contributed by atoms with van der Waals surface area (Å²) in [5, 5.41) is 0. The van der Waals surface area contributed by atoms with Crippen molar-refractivity contribution in [2.75, 3.05) is 14.2 Å². The fourth-order valence-corrected chi connectivity index (χ4v) is 1.28. The van der Waals surface area contributed by atoms with E-state index in [1.54, 1.807) is 14.2 Å². The van der Waals surface area contributed by atoms with Crippen molar-refractivity contribution in [2.24, 2.45) is 0 Å². The third-order valence-electron chi connectivity index (χ3n) is 1.86. The molecule has 0 heterocycles. The maximum atomic E-state index is 5.20. The van der Waals surface area contributed by atoms with Gasteiger partial charge < -0.3 is 9.47 Å². The van der Waals surface area contributed by atoms with Gasteiger partial charge in [0.25, 0.3) is 0 Å². The van der Waals surface area contributed by atoms with Gasteiger partial charge in [-0.15, -0.1) is 0 Å². The summed E-state index contributed by atoms with van der Waals surface area (Å²) in [6.45, 7) is 4.13. The molecule has 0 unspecified atom stereocenters. The van der Waals surface area contributed by atoms with Gasteiger partial charge in [-0.1, -0.05) is 17.7 Å². The molecule has 0 N–H and O–H groups in total. The smallest absolute Gasteiger partial charge is 0.161 e. The number of hydrogen-bond acceptors (Lipinski definition) is 2. The monoisotopic (exact) mass is 192 g/mol. The van der Waals surface area contributed by atoms with Crippen molar-refractivity contribution >= 4 is 6.08 Å². The first-order valence-corrected chi connectivity index (χ1v) is 4.54. The maximum Gasteiger partial charge on any atom is 0.161 e. The quantitative estimate of drug-likeness (QED) is 0.732. The average molecular weight is 192 g/mol. The average Bonchev–Trinajstić information content (AvgIpc) is 2.16. The summed E-state index contributed by atoms with van der Waals surface area (Å²) in [6, 6.07) is 5.88. The summed E-state index contributed by atoms with van der Waals surface area (Å²) < 4.78 is 10.4. The van der Waals surface area contributed by atoms with Crippen LogP contribution in [0.3, 0.4) is 0 Å². The van der Waals surface area contributed by atoms with Crippen LogP contribution in [-0.2, 0) is 0 Å². The summed E-state index contributed by atoms with van der Waals surface area (Å²) >= 11 is 0. The molecule has 0 atom stereocenters. The molecule has 0 aliphatic rings. The molecule has 2 heteroatoms. The van der Waals surface area contributed by atoms with Crippen molar-refractivity contribution in [3.05, 3.63) is 29.3 Å². The lowest BCUT2D eigenvalue weighted by Crippen LogP contribution is -1.90. The summed E-state index contributed by atoms with van der Waals surface area (Å²) in [5.41, 5.74) is 2.39. The Labute approximate surface area is 85.2 Å². The van der Waals surface area contributed by atoms with Gasteiger partial charge in [0, 0.05) is 0 Å². The fraction of sp³-hybridized carbons (Fsp3) is 0.333. The van der Waals surface area contributed by atoms with Crippen molar-refractivity contribution in [3.63, 3.8) is 0 Å². The number of ether oxygens (including phenoxy) is 2. The molecule has 0 amide bonds. The molecule has 0 saturated carbocycles. The van der Waals surface area contributed by atoms with Crippen molar-refractivity contribution in [1.82, 2.24) is 0 Å². The van der Waals surface area contributed by atoms with Gasteiger partial charge in [-0.2, -0.15) is 0 Å². The molecule has 0 aliphatic heterocycles. The minimum absolute atomic E-state index is 0.762. The highest BCUT2D eigenvalue weighted by molar-refractivity contribution is 5.57. The van der Waals surface area contributed by atoms with E-state index in [4.69, 9.17) is 9.47 Å². The number of allylic oxidation sites excluding steroid dienone is 1. The van der Waals surface area contributed by atoms with E-state index in [1.807, 2.05) is 18.2 Å². The molecule has 0 fully saturated rings. The highest BCUT2D eigenvalue weighted by Crippen LogP contribution is 2.28. The number of rotatable bonds is 3. The highest BCUT2D eigenvalue weighted by atomic mass is 16.5. The summed E-state index contributed by atoms with van der Waals surface area (Å²) in [5.74, 6) is 1.53. The van der Waals surface area contributed by atoms with Crippen molar-refractivity contribution in [1.29, 1.82) is 0 Å². The number of hydrogen-bond donors (Lipinski definition) is 0. The maximum absolute atomic E-state index is 5.20. The molecule has 0 saturated heterocycles. The molecule has 0 bridgehead atoms. The molecule has 1 aromatic rings. The molecule has 76 valence electrons. The minimum atomic E-state index is 0.762. The standard InChI is InChI=1S/C12H16O2/c1-9(2)7-10-5-6-11(13-3)12(8-10)14-4/h5-8H,1-4H3. The van der Waals surface area contributed by atoms with Crippen LogP contribution in [-0.4, -0.2) is 14.2 Å². The zero-order chi connectivity index (χ0) is 10.6. The SMILES string of the molecule is COc1ccc(C=C(C)C)cc1OC. The van der Waals surface area contributed by atoms with Gasteiger partial charge in [0.05, 0.1) is 14.2 Å². The lowest BCUT2D eigenvalue weighted by molar-refractivity contribution is 0.355. The predicted molar refractivity (Wildman–Crippen MR) is 58.9 cm³/mol. The van der Waals surface area contributed by atoms with Crippen LogP contribution in [0.1, 0.15) is 19.4 Å². The molecule has 14 heavy (non-hydrogen) atoms. The van der Waals surface area contributed by atoms with Gasteiger partial charge in [0.1, 0.15) is 0 Å². The normalized spacial score (nSPS) is 9.43. The molecule has 2 nitrogen and oxygen atoms in total. The van der Waals surface area contributed by atoms with Crippen LogP contribution in [0, 0.1) is 0 Å². The Morgan fingerprint density at radius 1 is 1.07 bits per heavy atom. The number of benzene rings is 1. The van der Waals surface area contributed by atoms with Crippen molar-refractivity contribution in [2.45, 2.75) is 13.8 Å². The second-order valence-electron chi connectivity index (χ2n) is 3.34. The highest BCUT2D eigenvalue weighted by Gasteiger charge is 2.02. The molecule has 1 rings (SSSR count). The Kier molecular flexibility index (Phi) is 3.57. The van der Waals surface area contributed by atoms with Crippen LogP contribution < -0.4 is 9.47 Å². The van der Waals surface area contributed by atoms with Crippen molar-refractivity contribution in [3.8, 4) is 11.5 Å². The Bertz CT molecular complexity index is 336. The third-order valence-corrected chi connectivity index (χ3v) is 1.86. The second kappa shape index (κ2) is 4.70. The van der Waals surface area contributed by atoms with Gasteiger partial charge in [0.15, 0.2) is 11.5 Å². The van der Waals surface area contributed by atoms with Crippen LogP contribution in [0.25, 0.3) is 6.08 Å². The molecule has 1 aromatic carbocycles. The van der Waals surface area contributed by atoms with Crippen LogP contribution >= 0.6 is 0 Å². The molecular weight excluding hydrogens is 176 g/mol. The second-order valence-corrected chi connectivity index (χ2v) is 3.34. The number of methoxy groups -OCH3 is 2. The van der Waals surface area contributed by atoms with E-state index in [-0.39, 0.29) is 0 Å². The lowest BCUT2D eigenvalue weighted by atomic mass is 10.1. The summed E-state index contributed by atoms with van der Waals surface area (Å²) in [4.78, 5) is 0. The van der Waals surface area contributed by atoms with E-state index >= 15 is 0 Å². The molecule has 0 spiro atoms. The molecular formula is C12H16O2. The first kappa shape index (κ1) is 10.6. The molecule has 0 aliphatic carbocycles. The van der Waals surface area contributed by atoms with E-state index in [0.29, 0.717) is 0 Å². The van der Waals surface area contributed by atoms with E-state index in [9.17, 15) is 0 Å². The van der Waals surface area contributed by atoms with Crippen LogP contribution in [0.2, 0.25) is 0 Å². The lowest BCUT2D eigenvalue weighted by Gasteiger charge is -2.07. The topological polar surface area (TPSA) is 18.5 Å². The Morgan fingerprint density at radius 3 is 2.21 bits per heavy atom. The van der Waals surface area contributed by atoms with Crippen molar-refractivity contribution < 1.29 is 9.47 Å². The Balaban J connectivity index is 3.07. The fourth-order valence-electron chi connectivity index (χ4n) is 1.28. The van der Waals surface area contributed by atoms with Crippen LogP contribution in [0.15, 0.2) is 23.8 Å². The molecule has 0 radical (unpaired) electrons. The van der Waals surface area contributed by atoms with E-state index < -0.39 is 0 Å². The summed E-state index contributed by atoms with van der Waals surface area (Å²) in [7, 11) is 3.28. The first-order valence-electron chi connectivity index (χ1n) is 4.54. The van der Waals surface area contributed by atoms with Gasteiger partial charge in [-0.3, -0.25) is 0 Å². The van der Waals surface area contributed by atoms with Crippen LogP contribution in [0.4, 0.5) is 0 Å². The Hall–Kier alpha value is -1.44. The summed E-state index contributed by atoms with van der Waals surface area (Å²) in [6.07, 6.45) is 2.10.